The minimum atomic E-state index is -0.682. The van der Waals surface area contributed by atoms with E-state index in [1.54, 1.807) is 36.4 Å². The lowest BCUT2D eigenvalue weighted by Gasteiger charge is -2.08. The summed E-state index contributed by atoms with van der Waals surface area (Å²) in [5.41, 5.74) is 1.97. The number of esters is 1. The maximum absolute atomic E-state index is 12.1. The SMILES string of the molecule is COc1cccc(C(=O)NCC(=O)OCC(=O)c2ccc(C(C)C)cc2)c1. The summed E-state index contributed by atoms with van der Waals surface area (Å²) in [6, 6.07) is 13.8. The van der Waals surface area contributed by atoms with Gasteiger partial charge in [0.2, 0.25) is 0 Å². The van der Waals surface area contributed by atoms with Gasteiger partial charge in [0.25, 0.3) is 5.91 Å². The zero-order valence-electron chi connectivity index (χ0n) is 15.7. The molecule has 2 aromatic carbocycles. The van der Waals surface area contributed by atoms with E-state index >= 15 is 0 Å². The van der Waals surface area contributed by atoms with Crippen LogP contribution in [0.3, 0.4) is 0 Å². The van der Waals surface area contributed by atoms with Crippen LogP contribution in [0.5, 0.6) is 5.75 Å². The molecule has 142 valence electrons. The second-order valence-electron chi connectivity index (χ2n) is 6.28. The third-order valence-corrected chi connectivity index (χ3v) is 3.99. The van der Waals surface area contributed by atoms with Crippen molar-refractivity contribution in [1.29, 1.82) is 0 Å². The molecular formula is C21H23NO5. The van der Waals surface area contributed by atoms with E-state index in [1.807, 2.05) is 12.1 Å². The van der Waals surface area contributed by atoms with Gasteiger partial charge < -0.3 is 14.8 Å². The average molecular weight is 369 g/mol. The van der Waals surface area contributed by atoms with Crippen molar-refractivity contribution >= 4 is 17.7 Å². The Morgan fingerprint density at radius 3 is 2.33 bits per heavy atom. The van der Waals surface area contributed by atoms with Gasteiger partial charge in [0.1, 0.15) is 12.3 Å². The van der Waals surface area contributed by atoms with E-state index in [1.165, 1.54) is 7.11 Å². The number of rotatable bonds is 8. The fraction of sp³-hybridized carbons (Fsp3) is 0.286. The normalized spacial score (nSPS) is 10.4. The van der Waals surface area contributed by atoms with Crippen molar-refractivity contribution in [2.45, 2.75) is 19.8 Å². The van der Waals surface area contributed by atoms with Gasteiger partial charge in [-0.3, -0.25) is 14.4 Å². The summed E-state index contributed by atoms with van der Waals surface area (Å²) in [6.45, 7) is 3.45. The van der Waals surface area contributed by atoms with Gasteiger partial charge >= 0.3 is 5.97 Å². The predicted octanol–water partition coefficient (Wildman–Crippen LogP) is 2.97. The molecule has 0 unspecified atom stereocenters. The molecule has 0 fully saturated rings. The Morgan fingerprint density at radius 2 is 1.70 bits per heavy atom. The molecule has 0 heterocycles. The minimum absolute atomic E-state index is 0.294. The highest BCUT2D eigenvalue weighted by molar-refractivity contribution is 5.99. The molecule has 0 spiro atoms. The highest BCUT2D eigenvalue weighted by atomic mass is 16.5. The van der Waals surface area contributed by atoms with Gasteiger partial charge in [-0.2, -0.15) is 0 Å². The molecule has 0 saturated carbocycles. The summed E-state index contributed by atoms with van der Waals surface area (Å²) in [7, 11) is 1.50. The van der Waals surface area contributed by atoms with Gasteiger partial charge in [0.15, 0.2) is 12.4 Å². The van der Waals surface area contributed by atoms with Crippen LogP contribution in [-0.4, -0.2) is 37.9 Å². The zero-order valence-corrected chi connectivity index (χ0v) is 15.7. The lowest BCUT2D eigenvalue weighted by Crippen LogP contribution is -2.31. The van der Waals surface area contributed by atoms with Crippen LogP contribution in [0.4, 0.5) is 0 Å². The maximum atomic E-state index is 12.1. The lowest BCUT2D eigenvalue weighted by atomic mass is 10.0. The fourth-order valence-corrected chi connectivity index (χ4v) is 2.35. The second kappa shape index (κ2) is 9.52. The highest BCUT2D eigenvalue weighted by Gasteiger charge is 2.13. The van der Waals surface area contributed by atoms with E-state index in [9.17, 15) is 14.4 Å². The third-order valence-electron chi connectivity index (χ3n) is 3.99. The highest BCUT2D eigenvalue weighted by Crippen LogP contribution is 2.15. The van der Waals surface area contributed by atoms with Gasteiger partial charge in [0.05, 0.1) is 7.11 Å². The Labute approximate surface area is 158 Å². The quantitative estimate of drug-likeness (QED) is 0.571. The molecule has 0 aliphatic heterocycles. The first kappa shape index (κ1) is 20.2. The largest absolute Gasteiger partial charge is 0.497 e. The molecule has 2 rings (SSSR count). The number of ketones is 1. The molecule has 27 heavy (non-hydrogen) atoms. The predicted molar refractivity (Wildman–Crippen MR) is 101 cm³/mol. The number of benzene rings is 2. The Hall–Kier alpha value is -3.15. The lowest BCUT2D eigenvalue weighted by molar-refractivity contribution is -0.141. The number of methoxy groups -OCH3 is 1. The van der Waals surface area contributed by atoms with Crippen LogP contribution in [0.15, 0.2) is 48.5 Å². The first-order valence-electron chi connectivity index (χ1n) is 8.61. The Balaban J connectivity index is 1.79. The van der Waals surface area contributed by atoms with Crippen molar-refractivity contribution < 1.29 is 23.9 Å². The summed E-state index contributed by atoms with van der Waals surface area (Å²) in [4.78, 5) is 35.9. The standard InChI is InChI=1S/C21H23NO5/c1-14(2)15-7-9-16(10-8-15)19(23)13-27-20(24)12-22-21(25)17-5-4-6-18(11-17)26-3/h4-11,14H,12-13H2,1-3H3,(H,22,25). The van der Waals surface area contributed by atoms with Crippen molar-refractivity contribution in [1.82, 2.24) is 5.32 Å². The number of Topliss-reactive ketones (excluding diaryl/α,β-unsaturated/α-hetero) is 1. The van der Waals surface area contributed by atoms with Crippen molar-refractivity contribution in [2.75, 3.05) is 20.3 Å². The number of amides is 1. The molecule has 0 radical (unpaired) electrons. The Kier molecular flexibility index (Phi) is 7.11. The van der Waals surface area contributed by atoms with Crippen LogP contribution >= 0.6 is 0 Å². The van der Waals surface area contributed by atoms with Crippen molar-refractivity contribution in [3.05, 3.63) is 65.2 Å². The van der Waals surface area contributed by atoms with E-state index in [0.717, 1.165) is 5.56 Å². The smallest absolute Gasteiger partial charge is 0.325 e. The maximum Gasteiger partial charge on any atom is 0.325 e. The van der Waals surface area contributed by atoms with Crippen LogP contribution in [0, 0.1) is 0 Å². The summed E-state index contributed by atoms with van der Waals surface area (Å²) < 4.78 is 9.99. The molecule has 0 aromatic heterocycles. The number of ether oxygens (including phenoxy) is 2. The van der Waals surface area contributed by atoms with Crippen LogP contribution in [0.1, 0.15) is 46.0 Å². The van der Waals surface area contributed by atoms with Gasteiger partial charge in [-0.1, -0.05) is 44.2 Å². The van der Waals surface area contributed by atoms with E-state index in [4.69, 9.17) is 9.47 Å². The Bertz CT molecular complexity index is 812. The van der Waals surface area contributed by atoms with Crippen LogP contribution < -0.4 is 10.1 Å². The van der Waals surface area contributed by atoms with Gasteiger partial charge in [-0.05, 0) is 29.7 Å². The van der Waals surface area contributed by atoms with Crippen LogP contribution in [-0.2, 0) is 9.53 Å². The summed E-state index contributed by atoms with van der Waals surface area (Å²) >= 11 is 0. The molecule has 0 saturated heterocycles. The molecule has 0 aliphatic carbocycles. The minimum Gasteiger partial charge on any atom is -0.497 e. The first-order valence-corrected chi connectivity index (χ1v) is 8.61. The monoisotopic (exact) mass is 369 g/mol. The molecule has 0 bridgehead atoms. The fourth-order valence-electron chi connectivity index (χ4n) is 2.35. The van der Waals surface area contributed by atoms with Crippen LogP contribution in [0.2, 0.25) is 0 Å². The van der Waals surface area contributed by atoms with Gasteiger partial charge in [0, 0.05) is 11.1 Å². The molecule has 0 atom stereocenters. The summed E-state index contributed by atoms with van der Waals surface area (Å²) in [5, 5.41) is 2.45. The molecule has 6 nitrogen and oxygen atoms in total. The van der Waals surface area contributed by atoms with E-state index in [2.05, 4.69) is 19.2 Å². The van der Waals surface area contributed by atoms with E-state index in [-0.39, 0.29) is 18.9 Å². The van der Waals surface area contributed by atoms with E-state index < -0.39 is 11.9 Å². The molecule has 0 aliphatic rings. The molecule has 2 aromatic rings. The molecular weight excluding hydrogens is 346 g/mol. The first-order chi connectivity index (χ1) is 12.9. The number of hydrogen-bond donors (Lipinski definition) is 1. The molecule has 6 heteroatoms. The van der Waals surface area contributed by atoms with Crippen LogP contribution in [0.25, 0.3) is 0 Å². The van der Waals surface area contributed by atoms with Crippen molar-refractivity contribution in [2.24, 2.45) is 0 Å². The Morgan fingerprint density at radius 1 is 1.00 bits per heavy atom. The molecule has 1 amide bonds. The number of carbonyl (C=O) groups is 3. The average Bonchev–Trinajstić information content (AvgIpc) is 2.70. The third kappa shape index (κ3) is 5.95. The molecule has 1 N–H and O–H groups in total. The number of hydrogen-bond acceptors (Lipinski definition) is 5. The number of carbonyl (C=O) groups excluding carboxylic acids is 3. The van der Waals surface area contributed by atoms with Crippen molar-refractivity contribution in [3.63, 3.8) is 0 Å². The topological polar surface area (TPSA) is 81.7 Å². The second-order valence-corrected chi connectivity index (χ2v) is 6.28. The summed E-state index contributed by atoms with van der Waals surface area (Å²) in [5.74, 6) is -0.489. The van der Waals surface area contributed by atoms with Gasteiger partial charge in [-0.15, -0.1) is 0 Å². The zero-order chi connectivity index (χ0) is 19.8. The number of nitrogens with one attached hydrogen (secondary N) is 1. The van der Waals surface area contributed by atoms with Gasteiger partial charge in [-0.25, -0.2) is 0 Å². The van der Waals surface area contributed by atoms with E-state index in [0.29, 0.717) is 22.8 Å². The van der Waals surface area contributed by atoms with Crippen molar-refractivity contribution in [3.8, 4) is 5.75 Å². The summed E-state index contributed by atoms with van der Waals surface area (Å²) in [6.07, 6.45) is 0.